The lowest BCUT2D eigenvalue weighted by Gasteiger charge is -2.17. The number of carboxylic acid groups (broad SMARTS) is 1. The van der Waals surface area contributed by atoms with E-state index >= 15 is 0 Å². The van der Waals surface area contributed by atoms with E-state index in [1.807, 2.05) is 0 Å². The van der Waals surface area contributed by atoms with Crippen molar-refractivity contribution in [2.75, 3.05) is 20.2 Å². The quantitative estimate of drug-likeness (QED) is 0.847. The fraction of sp³-hybridized carbons (Fsp3) is 0.429. The fourth-order valence-electron chi connectivity index (χ4n) is 1.86. The maximum absolute atomic E-state index is 12.2. The number of benzene rings is 1. The highest BCUT2D eigenvalue weighted by atomic mass is 16.5. The van der Waals surface area contributed by atoms with Crippen LogP contribution < -0.4 is 4.74 Å². The van der Waals surface area contributed by atoms with E-state index in [0.717, 1.165) is 6.54 Å². The van der Waals surface area contributed by atoms with Gasteiger partial charge in [0.15, 0.2) is 6.61 Å². The third-order valence-electron chi connectivity index (χ3n) is 3.02. The van der Waals surface area contributed by atoms with Crippen molar-refractivity contribution in [2.45, 2.75) is 12.8 Å². The average Bonchev–Trinajstić information content (AvgIpc) is 3.19. The summed E-state index contributed by atoms with van der Waals surface area (Å²) in [5, 5.41) is 8.55. The molecule has 0 radical (unpaired) electrons. The minimum absolute atomic E-state index is 0.0623. The molecule has 1 saturated carbocycles. The molecule has 0 unspecified atom stereocenters. The second-order valence-corrected chi connectivity index (χ2v) is 4.84. The molecule has 0 atom stereocenters. The minimum Gasteiger partial charge on any atom is -0.482 e. The van der Waals surface area contributed by atoms with Crippen molar-refractivity contribution in [2.24, 2.45) is 5.92 Å². The zero-order chi connectivity index (χ0) is 13.8. The predicted molar refractivity (Wildman–Crippen MR) is 69.3 cm³/mol. The van der Waals surface area contributed by atoms with Gasteiger partial charge in [0, 0.05) is 19.2 Å². The molecular weight excluding hydrogens is 246 g/mol. The standard InChI is InChI=1S/C14H17NO4/c1-15(8-10-5-6-10)14(18)11-3-2-4-12(7-11)19-9-13(16)17/h2-4,7,10H,5-6,8-9H2,1H3,(H,16,17). The summed E-state index contributed by atoms with van der Waals surface area (Å²) in [6.07, 6.45) is 2.39. The first kappa shape index (κ1) is 13.4. The van der Waals surface area contributed by atoms with Gasteiger partial charge < -0.3 is 14.7 Å². The number of rotatable bonds is 6. The molecular formula is C14H17NO4. The van der Waals surface area contributed by atoms with Gasteiger partial charge in [0.05, 0.1) is 0 Å². The summed E-state index contributed by atoms with van der Waals surface area (Å²) in [5.74, 6) is -0.0660. The van der Waals surface area contributed by atoms with Gasteiger partial charge in [-0.1, -0.05) is 6.07 Å². The highest BCUT2D eigenvalue weighted by Crippen LogP contribution is 2.29. The molecule has 0 heterocycles. The molecule has 102 valence electrons. The van der Waals surface area contributed by atoms with Crippen molar-refractivity contribution in [3.63, 3.8) is 0 Å². The Bertz CT molecular complexity index is 482. The maximum atomic E-state index is 12.2. The van der Waals surface area contributed by atoms with Crippen LogP contribution in [-0.4, -0.2) is 42.1 Å². The summed E-state index contributed by atoms with van der Waals surface area (Å²) >= 11 is 0. The Hall–Kier alpha value is -2.04. The van der Waals surface area contributed by atoms with Crippen molar-refractivity contribution in [1.82, 2.24) is 4.90 Å². The molecule has 0 saturated heterocycles. The van der Waals surface area contributed by atoms with Crippen LogP contribution in [0, 0.1) is 5.92 Å². The van der Waals surface area contributed by atoms with Crippen molar-refractivity contribution in [1.29, 1.82) is 0 Å². The molecule has 1 N–H and O–H groups in total. The normalized spacial score (nSPS) is 13.9. The van der Waals surface area contributed by atoms with Crippen LogP contribution in [0.1, 0.15) is 23.2 Å². The van der Waals surface area contributed by atoms with E-state index in [9.17, 15) is 9.59 Å². The van der Waals surface area contributed by atoms with Gasteiger partial charge in [0.2, 0.25) is 0 Å². The monoisotopic (exact) mass is 263 g/mol. The number of nitrogens with zero attached hydrogens (tertiary/aromatic N) is 1. The minimum atomic E-state index is -1.04. The third-order valence-corrected chi connectivity index (χ3v) is 3.02. The van der Waals surface area contributed by atoms with Crippen LogP contribution in [-0.2, 0) is 4.79 Å². The van der Waals surface area contributed by atoms with Crippen LogP contribution in [0.15, 0.2) is 24.3 Å². The lowest BCUT2D eigenvalue weighted by molar-refractivity contribution is -0.139. The molecule has 1 aromatic rings. The third kappa shape index (κ3) is 3.98. The molecule has 0 spiro atoms. The largest absolute Gasteiger partial charge is 0.482 e. The number of carboxylic acids is 1. The summed E-state index contributed by atoms with van der Waals surface area (Å²) in [6.45, 7) is 0.370. The first-order valence-corrected chi connectivity index (χ1v) is 6.26. The number of hydrogen-bond donors (Lipinski definition) is 1. The van der Waals surface area contributed by atoms with Crippen LogP contribution in [0.4, 0.5) is 0 Å². The SMILES string of the molecule is CN(CC1CC1)C(=O)c1cccc(OCC(=O)O)c1. The molecule has 1 aromatic carbocycles. The lowest BCUT2D eigenvalue weighted by Crippen LogP contribution is -2.28. The van der Waals surface area contributed by atoms with Gasteiger partial charge >= 0.3 is 5.97 Å². The average molecular weight is 263 g/mol. The molecule has 5 heteroatoms. The molecule has 1 aliphatic rings. The van der Waals surface area contributed by atoms with Crippen molar-refractivity contribution in [3.8, 4) is 5.75 Å². The van der Waals surface area contributed by atoms with Crippen LogP contribution >= 0.6 is 0 Å². The lowest BCUT2D eigenvalue weighted by atomic mass is 10.2. The van der Waals surface area contributed by atoms with Gasteiger partial charge in [-0.2, -0.15) is 0 Å². The Morgan fingerprint density at radius 3 is 2.79 bits per heavy atom. The predicted octanol–water partition coefficient (Wildman–Crippen LogP) is 1.63. The van der Waals surface area contributed by atoms with Gasteiger partial charge in [0.1, 0.15) is 5.75 Å². The van der Waals surface area contributed by atoms with Gasteiger partial charge in [-0.15, -0.1) is 0 Å². The first-order chi connectivity index (χ1) is 9.06. The molecule has 0 aromatic heterocycles. The molecule has 0 bridgehead atoms. The number of carbonyl (C=O) groups excluding carboxylic acids is 1. The number of carbonyl (C=O) groups is 2. The van der Waals surface area contributed by atoms with E-state index in [1.165, 1.54) is 12.8 Å². The van der Waals surface area contributed by atoms with E-state index in [-0.39, 0.29) is 5.91 Å². The second kappa shape index (κ2) is 5.73. The molecule has 1 amide bonds. The topological polar surface area (TPSA) is 66.8 Å². The van der Waals surface area contributed by atoms with E-state index in [1.54, 1.807) is 36.2 Å². The number of hydrogen-bond acceptors (Lipinski definition) is 3. The van der Waals surface area contributed by atoms with Crippen LogP contribution in [0.5, 0.6) is 5.75 Å². The zero-order valence-corrected chi connectivity index (χ0v) is 10.8. The highest BCUT2D eigenvalue weighted by Gasteiger charge is 2.25. The molecule has 2 rings (SSSR count). The molecule has 19 heavy (non-hydrogen) atoms. The molecule has 0 aliphatic heterocycles. The van der Waals surface area contributed by atoms with Crippen LogP contribution in [0.3, 0.4) is 0 Å². The summed E-state index contributed by atoms with van der Waals surface area (Å²) in [7, 11) is 1.78. The Balaban J connectivity index is 1.99. The van der Waals surface area contributed by atoms with Gasteiger partial charge in [-0.3, -0.25) is 4.79 Å². The summed E-state index contributed by atoms with van der Waals surface area (Å²) in [5.41, 5.74) is 0.519. The number of aliphatic carboxylic acids is 1. The van der Waals surface area contributed by atoms with Crippen molar-refractivity contribution >= 4 is 11.9 Å². The van der Waals surface area contributed by atoms with Crippen LogP contribution in [0.25, 0.3) is 0 Å². The maximum Gasteiger partial charge on any atom is 0.341 e. The molecule has 1 aliphatic carbocycles. The van der Waals surface area contributed by atoms with E-state index in [4.69, 9.17) is 9.84 Å². The Morgan fingerprint density at radius 1 is 1.42 bits per heavy atom. The first-order valence-electron chi connectivity index (χ1n) is 6.26. The fourth-order valence-corrected chi connectivity index (χ4v) is 1.86. The molecule has 5 nitrogen and oxygen atoms in total. The Morgan fingerprint density at radius 2 is 2.16 bits per heavy atom. The second-order valence-electron chi connectivity index (χ2n) is 4.84. The number of amides is 1. The van der Waals surface area contributed by atoms with Crippen molar-refractivity contribution in [3.05, 3.63) is 29.8 Å². The Kier molecular flexibility index (Phi) is 4.04. The summed E-state index contributed by atoms with van der Waals surface area (Å²) in [6, 6.07) is 6.62. The van der Waals surface area contributed by atoms with Gasteiger partial charge in [-0.25, -0.2) is 4.79 Å². The molecule has 1 fully saturated rings. The highest BCUT2D eigenvalue weighted by molar-refractivity contribution is 5.94. The smallest absolute Gasteiger partial charge is 0.341 e. The van der Waals surface area contributed by atoms with Crippen molar-refractivity contribution < 1.29 is 19.4 Å². The van der Waals surface area contributed by atoms with Crippen LogP contribution in [0.2, 0.25) is 0 Å². The summed E-state index contributed by atoms with van der Waals surface area (Å²) in [4.78, 5) is 24.3. The van der Waals surface area contributed by atoms with Gasteiger partial charge in [-0.05, 0) is 37.0 Å². The number of ether oxygens (including phenoxy) is 1. The van der Waals surface area contributed by atoms with E-state index < -0.39 is 12.6 Å². The summed E-state index contributed by atoms with van der Waals surface area (Å²) < 4.78 is 5.06. The zero-order valence-electron chi connectivity index (χ0n) is 10.8. The van der Waals surface area contributed by atoms with Gasteiger partial charge in [0.25, 0.3) is 5.91 Å². The Labute approximate surface area is 111 Å². The van der Waals surface area contributed by atoms with E-state index in [2.05, 4.69) is 0 Å². The van der Waals surface area contributed by atoms with E-state index in [0.29, 0.717) is 17.2 Å².